The lowest BCUT2D eigenvalue weighted by Gasteiger charge is -2.10. The van der Waals surface area contributed by atoms with Gasteiger partial charge in [0.2, 0.25) is 5.89 Å². The molecule has 39 heavy (non-hydrogen) atoms. The van der Waals surface area contributed by atoms with Gasteiger partial charge in [-0.3, -0.25) is 4.99 Å². The summed E-state index contributed by atoms with van der Waals surface area (Å²) in [5.74, 6) is 0.278. The SMILES string of the molecule is Cn1cnnc1-c1cc(F)ccc1-c1cccc(-c2nc3cc(CN=C4CCC[C@@H]4O)cc(C(F)F)c3o2)c1. The molecule has 1 fully saturated rings. The number of halogens is 3. The molecule has 0 amide bonds. The molecule has 2 aromatic heterocycles. The fraction of sp³-hybridized carbons (Fsp3) is 0.241. The van der Waals surface area contributed by atoms with Gasteiger partial charge in [0.15, 0.2) is 11.4 Å². The van der Waals surface area contributed by atoms with Crippen LogP contribution in [0.15, 0.2) is 70.3 Å². The van der Waals surface area contributed by atoms with E-state index in [2.05, 4.69) is 20.2 Å². The number of aliphatic imine (C=N–C) groups is 1. The molecule has 0 spiro atoms. The van der Waals surface area contributed by atoms with E-state index < -0.39 is 18.3 Å². The quantitative estimate of drug-likeness (QED) is 0.270. The zero-order valence-corrected chi connectivity index (χ0v) is 21.0. The number of aliphatic hydroxyl groups is 1. The molecular weight excluding hydrogens is 507 g/mol. The molecule has 7 nitrogen and oxygen atoms in total. The largest absolute Gasteiger partial charge is 0.436 e. The molecule has 6 rings (SSSR count). The maximum absolute atomic E-state index is 14.2. The summed E-state index contributed by atoms with van der Waals surface area (Å²) in [7, 11) is 1.77. The first-order valence-electron chi connectivity index (χ1n) is 12.5. The highest BCUT2D eigenvalue weighted by atomic mass is 19.3. The first kappa shape index (κ1) is 25.0. The Kier molecular flexibility index (Phi) is 6.48. The number of nitrogens with zero attached hydrogens (tertiary/aromatic N) is 5. The highest BCUT2D eigenvalue weighted by Crippen LogP contribution is 2.36. The molecule has 1 atom stereocenters. The molecule has 0 aliphatic heterocycles. The summed E-state index contributed by atoms with van der Waals surface area (Å²) in [6.07, 6.45) is 0.453. The topological polar surface area (TPSA) is 89.3 Å². The maximum atomic E-state index is 14.2. The Morgan fingerprint density at radius 2 is 1.95 bits per heavy atom. The predicted molar refractivity (Wildman–Crippen MR) is 141 cm³/mol. The minimum absolute atomic E-state index is 0.0178. The van der Waals surface area contributed by atoms with Gasteiger partial charge in [0, 0.05) is 23.9 Å². The van der Waals surface area contributed by atoms with Crippen molar-refractivity contribution < 1.29 is 22.7 Å². The number of rotatable bonds is 6. The maximum Gasteiger partial charge on any atom is 0.267 e. The third-order valence-corrected chi connectivity index (χ3v) is 6.93. The second-order valence-corrected chi connectivity index (χ2v) is 9.60. The highest BCUT2D eigenvalue weighted by molar-refractivity contribution is 5.90. The van der Waals surface area contributed by atoms with Gasteiger partial charge in [-0.05, 0) is 72.4 Å². The Labute approximate surface area is 221 Å². The summed E-state index contributed by atoms with van der Waals surface area (Å²) < 4.78 is 49.8. The standard InChI is InChI=1S/C29H24F3N5O2/c1-37-15-34-36-28(37)21-13-19(30)8-9-20(21)17-4-2-5-18(12-17)29-35-24-11-16(10-22(27(31)32)26(24)39-29)14-33-23-6-3-7-25(23)38/h2,4-5,8-13,15,25,27,38H,3,6-7,14H2,1H3/t25-/m0/s1. The third kappa shape index (κ3) is 4.83. The molecule has 3 aromatic carbocycles. The van der Waals surface area contributed by atoms with Crippen molar-refractivity contribution in [3.8, 4) is 34.0 Å². The smallest absolute Gasteiger partial charge is 0.267 e. The average Bonchev–Trinajstić information content (AvgIpc) is 3.66. The molecule has 1 N–H and O–H groups in total. The Bertz CT molecular complexity index is 1710. The monoisotopic (exact) mass is 531 g/mol. The van der Waals surface area contributed by atoms with Crippen molar-refractivity contribution in [2.24, 2.45) is 12.0 Å². The van der Waals surface area contributed by atoms with Crippen LogP contribution in [0.25, 0.3) is 45.1 Å². The molecule has 0 radical (unpaired) electrons. The molecule has 0 unspecified atom stereocenters. The van der Waals surface area contributed by atoms with E-state index in [1.807, 2.05) is 12.1 Å². The third-order valence-electron chi connectivity index (χ3n) is 6.93. The van der Waals surface area contributed by atoms with Crippen LogP contribution in [-0.2, 0) is 13.6 Å². The molecule has 5 aromatic rings. The van der Waals surface area contributed by atoms with Crippen molar-refractivity contribution in [1.29, 1.82) is 0 Å². The van der Waals surface area contributed by atoms with Crippen molar-refractivity contribution in [2.75, 3.05) is 0 Å². The van der Waals surface area contributed by atoms with E-state index in [0.717, 1.165) is 12.0 Å². The zero-order valence-electron chi connectivity index (χ0n) is 21.0. The van der Waals surface area contributed by atoms with Gasteiger partial charge < -0.3 is 14.1 Å². The van der Waals surface area contributed by atoms with E-state index in [9.17, 15) is 18.3 Å². The second kappa shape index (κ2) is 10.1. The summed E-state index contributed by atoms with van der Waals surface area (Å²) in [4.78, 5) is 8.99. The van der Waals surface area contributed by atoms with E-state index in [-0.39, 0.29) is 23.6 Å². The Morgan fingerprint density at radius 1 is 1.10 bits per heavy atom. The zero-order chi connectivity index (χ0) is 27.1. The summed E-state index contributed by atoms with van der Waals surface area (Å²) in [5.41, 5.74) is 3.93. The highest BCUT2D eigenvalue weighted by Gasteiger charge is 2.22. The molecule has 198 valence electrons. The number of hydrogen-bond acceptors (Lipinski definition) is 6. The van der Waals surface area contributed by atoms with Crippen LogP contribution in [-0.4, -0.2) is 36.7 Å². The lowest BCUT2D eigenvalue weighted by molar-refractivity contribution is 0.152. The van der Waals surface area contributed by atoms with E-state index in [4.69, 9.17) is 4.42 Å². The number of aryl methyl sites for hydroxylation is 1. The Morgan fingerprint density at radius 3 is 2.69 bits per heavy atom. The number of aromatic nitrogens is 4. The molecule has 2 heterocycles. The second-order valence-electron chi connectivity index (χ2n) is 9.60. The molecule has 1 saturated carbocycles. The van der Waals surface area contributed by atoms with Gasteiger partial charge in [-0.2, -0.15) is 0 Å². The number of alkyl halides is 2. The van der Waals surface area contributed by atoms with Crippen LogP contribution >= 0.6 is 0 Å². The number of hydrogen-bond donors (Lipinski definition) is 1. The molecule has 1 aliphatic rings. The summed E-state index contributed by atoms with van der Waals surface area (Å²) in [6, 6.07) is 14.7. The molecular formula is C29H24F3N5O2. The van der Waals surface area contributed by atoms with E-state index in [0.29, 0.717) is 52.1 Å². The van der Waals surface area contributed by atoms with Crippen LogP contribution in [0.1, 0.15) is 36.8 Å². The minimum Gasteiger partial charge on any atom is -0.436 e. The molecule has 0 saturated heterocycles. The normalized spacial score (nSPS) is 16.7. The Hall–Kier alpha value is -4.31. The number of aliphatic hydroxyl groups excluding tert-OH is 1. The van der Waals surface area contributed by atoms with Gasteiger partial charge in [0.05, 0.1) is 18.2 Å². The van der Waals surface area contributed by atoms with Gasteiger partial charge in [0.1, 0.15) is 17.7 Å². The predicted octanol–water partition coefficient (Wildman–Crippen LogP) is 6.52. The summed E-state index contributed by atoms with van der Waals surface area (Å²) >= 11 is 0. The van der Waals surface area contributed by atoms with E-state index >= 15 is 0 Å². The average molecular weight is 532 g/mol. The van der Waals surface area contributed by atoms with E-state index in [1.165, 1.54) is 24.5 Å². The van der Waals surface area contributed by atoms with Crippen LogP contribution in [0.5, 0.6) is 0 Å². The van der Waals surface area contributed by atoms with Crippen molar-refractivity contribution in [3.63, 3.8) is 0 Å². The lowest BCUT2D eigenvalue weighted by Crippen LogP contribution is -2.12. The summed E-state index contributed by atoms with van der Waals surface area (Å²) in [5, 5.41) is 18.0. The van der Waals surface area contributed by atoms with Gasteiger partial charge in [-0.25, -0.2) is 18.2 Å². The van der Waals surface area contributed by atoms with Crippen molar-refractivity contribution in [2.45, 2.75) is 38.3 Å². The fourth-order valence-corrected chi connectivity index (χ4v) is 4.98. The molecule has 1 aliphatic carbocycles. The fourth-order valence-electron chi connectivity index (χ4n) is 4.98. The Balaban J connectivity index is 1.40. The van der Waals surface area contributed by atoms with Crippen LogP contribution in [0.3, 0.4) is 0 Å². The number of fused-ring (bicyclic) bond motifs is 1. The van der Waals surface area contributed by atoms with Crippen molar-refractivity contribution in [3.05, 3.63) is 77.9 Å². The van der Waals surface area contributed by atoms with Gasteiger partial charge >= 0.3 is 0 Å². The van der Waals surface area contributed by atoms with Gasteiger partial charge in [-0.1, -0.05) is 18.2 Å². The first-order chi connectivity index (χ1) is 18.9. The number of benzene rings is 3. The van der Waals surface area contributed by atoms with Crippen LogP contribution in [0, 0.1) is 5.82 Å². The lowest BCUT2D eigenvalue weighted by atomic mass is 9.97. The van der Waals surface area contributed by atoms with Gasteiger partial charge in [-0.15, -0.1) is 10.2 Å². The van der Waals surface area contributed by atoms with Crippen LogP contribution < -0.4 is 0 Å². The van der Waals surface area contributed by atoms with Crippen molar-refractivity contribution >= 4 is 16.8 Å². The van der Waals surface area contributed by atoms with Crippen LogP contribution in [0.2, 0.25) is 0 Å². The minimum atomic E-state index is -2.77. The van der Waals surface area contributed by atoms with E-state index in [1.54, 1.807) is 35.9 Å². The number of oxazole rings is 1. The summed E-state index contributed by atoms with van der Waals surface area (Å²) in [6.45, 7) is 0.176. The first-order valence-corrected chi connectivity index (χ1v) is 12.5. The van der Waals surface area contributed by atoms with Crippen LogP contribution in [0.4, 0.5) is 13.2 Å². The molecule has 0 bridgehead atoms. The van der Waals surface area contributed by atoms with Gasteiger partial charge in [0.25, 0.3) is 6.43 Å². The van der Waals surface area contributed by atoms with Crippen molar-refractivity contribution in [1.82, 2.24) is 19.7 Å². The molecule has 10 heteroatoms.